The van der Waals surface area contributed by atoms with Gasteiger partial charge >= 0.3 is 0 Å². The summed E-state index contributed by atoms with van der Waals surface area (Å²) in [6.07, 6.45) is 0.194. The Bertz CT molecular complexity index is 709. The molecule has 2 nitrogen and oxygen atoms in total. The van der Waals surface area contributed by atoms with Gasteiger partial charge in [0.1, 0.15) is 12.0 Å². The minimum atomic E-state index is -0.181. The molecule has 0 N–H and O–H groups in total. The lowest BCUT2D eigenvalue weighted by atomic mass is 10.0. The van der Waals surface area contributed by atoms with Crippen LogP contribution in [0, 0.1) is 9.39 Å². The van der Waals surface area contributed by atoms with Gasteiger partial charge in [-0.25, -0.2) is 4.39 Å². The van der Waals surface area contributed by atoms with Crippen molar-refractivity contribution < 1.29 is 4.39 Å². The van der Waals surface area contributed by atoms with Crippen molar-refractivity contribution in [2.45, 2.75) is 25.2 Å². The van der Waals surface area contributed by atoms with E-state index in [0.29, 0.717) is 12.1 Å². The zero-order valence-corrected chi connectivity index (χ0v) is 13.7. The van der Waals surface area contributed by atoms with Gasteiger partial charge in [-0.3, -0.25) is 9.89 Å². The van der Waals surface area contributed by atoms with Crippen molar-refractivity contribution in [1.29, 1.82) is 0 Å². The van der Waals surface area contributed by atoms with Gasteiger partial charge in [-0.15, -0.1) is 0 Å². The van der Waals surface area contributed by atoms with Gasteiger partial charge < -0.3 is 0 Å². The Morgan fingerprint density at radius 2 is 1.67 bits per heavy atom. The fraction of sp³-hybridized carbons (Fsp3) is 0.235. The normalized spacial score (nSPS) is 30.0. The minimum absolute atomic E-state index is 0.181. The Morgan fingerprint density at radius 3 is 2.33 bits per heavy atom. The maximum absolute atomic E-state index is 13.1. The summed E-state index contributed by atoms with van der Waals surface area (Å²) in [7, 11) is 0. The van der Waals surface area contributed by atoms with Crippen LogP contribution < -0.4 is 0 Å². The van der Waals surface area contributed by atoms with Crippen LogP contribution in [0.2, 0.25) is 0 Å². The molecule has 4 atom stereocenters. The molecule has 4 heteroatoms. The number of fused-ring (bicyclic) bond motifs is 1. The first-order valence-corrected chi connectivity index (χ1v) is 8.09. The molecule has 0 amide bonds. The lowest BCUT2D eigenvalue weighted by Crippen LogP contribution is -2.09. The van der Waals surface area contributed by atoms with Gasteiger partial charge in [0, 0.05) is 3.57 Å². The molecule has 0 radical (unpaired) electrons. The van der Waals surface area contributed by atoms with Crippen LogP contribution in [0.4, 0.5) is 4.39 Å². The lowest BCUT2D eigenvalue weighted by molar-refractivity contribution is 0.419. The molecule has 1 fully saturated rings. The molecular weight excluding hydrogens is 378 g/mol. The van der Waals surface area contributed by atoms with E-state index in [2.05, 4.69) is 58.7 Å². The third-order valence-corrected chi connectivity index (χ3v) is 4.96. The second-order valence-electron chi connectivity index (χ2n) is 5.54. The Labute approximate surface area is 136 Å². The quantitative estimate of drug-likeness (QED) is 0.557. The first-order valence-electron chi connectivity index (χ1n) is 7.02. The standard InChI is InChI=1S/C17H14FIN2/c1-10-20-15(11-4-8-14(19)9-5-11)17-16(21(10)17)12-2-6-13(18)7-3-12/h2-10,16-17H,1H3/t10-,16+,17+,21?/m1/s1. The predicted octanol–water partition coefficient (Wildman–Crippen LogP) is 4.00. The summed E-state index contributed by atoms with van der Waals surface area (Å²) in [5, 5.41) is 0. The first-order chi connectivity index (χ1) is 10.1. The van der Waals surface area contributed by atoms with E-state index >= 15 is 0 Å². The van der Waals surface area contributed by atoms with E-state index in [1.807, 2.05) is 12.1 Å². The van der Waals surface area contributed by atoms with Gasteiger partial charge in [-0.05, 0) is 64.9 Å². The zero-order valence-electron chi connectivity index (χ0n) is 11.5. The molecule has 2 aromatic rings. The highest BCUT2D eigenvalue weighted by molar-refractivity contribution is 14.1. The number of hydrogen-bond donors (Lipinski definition) is 0. The van der Waals surface area contributed by atoms with E-state index in [-0.39, 0.29) is 12.0 Å². The largest absolute Gasteiger partial charge is 0.269 e. The molecule has 1 saturated heterocycles. The summed E-state index contributed by atoms with van der Waals surface area (Å²) in [6, 6.07) is 16.0. The number of hydrogen-bond acceptors (Lipinski definition) is 2. The maximum Gasteiger partial charge on any atom is 0.123 e. The summed E-state index contributed by atoms with van der Waals surface area (Å²) in [6.45, 7) is 2.12. The zero-order chi connectivity index (χ0) is 14.6. The second kappa shape index (κ2) is 4.88. The Kier molecular flexibility index (Phi) is 3.11. The number of benzene rings is 2. The summed E-state index contributed by atoms with van der Waals surface area (Å²) < 4.78 is 14.3. The van der Waals surface area contributed by atoms with Crippen LogP contribution in [0.15, 0.2) is 53.5 Å². The molecule has 2 aromatic carbocycles. The molecule has 2 heterocycles. The van der Waals surface area contributed by atoms with Crippen LogP contribution in [0.25, 0.3) is 0 Å². The molecular formula is C17H14FIN2. The molecule has 1 unspecified atom stereocenters. The molecule has 21 heavy (non-hydrogen) atoms. The maximum atomic E-state index is 13.1. The topological polar surface area (TPSA) is 15.4 Å². The number of nitrogens with zero attached hydrogens (tertiary/aromatic N) is 2. The summed E-state index contributed by atoms with van der Waals surface area (Å²) >= 11 is 2.31. The van der Waals surface area contributed by atoms with E-state index in [4.69, 9.17) is 4.99 Å². The van der Waals surface area contributed by atoms with E-state index in [9.17, 15) is 4.39 Å². The van der Waals surface area contributed by atoms with Crippen LogP contribution in [0.3, 0.4) is 0 Å². The van der Waals surface area contributed by atoms with Gasteiger partial charge in [0.15, 0.2) is 0 Å². The van der Waals surface area contributed by atoms with Crippen molar-refractivity contribution in [3.8, 4) is 0 Å². The highest BCUT2D eigenvalue weighted by Crippen LogP contribution is 2.50. The molecule has 4 rings (SSSR count). The second-order valence-corrected chi connectivity index (χ2v) is 6.79. The van der Waals surface area contributed by atoms with Crippen molar-refractivity contribution in [3.05, 3.63) is 69.0 Å². The van der Waals surface area contributed by atoms with Crippen LogP contribution in [-0.4, -0.2) is 22.8 Å². The molecule has 106 valence electrons. The van der Waals surface area contributed by atoms with Crippen molar-refractivity contribution in [2.24, 2.45) is 4.99 Å². The summed E-state index contributed by atoms with van der Waals surface area (Å²) in [4.78, 5) is 7.15. The number of halogens is 2. The highest BCUT2D eigenvalue weighted by atomic mass is 127. The molecule has 2 aliphatic rings. The fourth-order valence-electron chi connectivity index (χ4n) is 3.23. The molecule has 0 saturated carbocycles. The van der Waals surface area contributed by atoms with E-state index in [1.54, 1.807) is 0 Å². The number of rotatable bonds is 2. The fourth-order valence-corrected chi connectivity index (χ4v) is 3.59. The summed E-state index contributed by atoms with van der Waals surface area (Å²) in [5.41, 5.74) is 3.53. The van der Waals surface area contributed by atoms with Gasteiger partial charge in [0.25, 0.3) is 0 Å². The Hall–Kier alpha value is -1.27. The number of aliphatic imine (C=N–C) groups is 1. The minimum Gasteiger partial charge on any atom is -0.269 e. The lowest BCUT2D eigenvalue weighted by Gasteiger charge is -2.09. The van der Waals surface area contributed by atoms with Crippen LogP contribution in [0.1, 0.15) is 24.1 Å². The average molecular weight is 392 g/mol. The van der Waals surface area contributed by atoms with Crippen molar-refractivity contribution in [2.75, 3.05) is 0 Å². The van der Waals surface area contributed by atoms with E-state index in [0.717, 1.165) is 5.71 Å². The van der Waals surface area contributed by atoms with Gasteiger partial charge in [0.2, 0.25) is 0 Å². The monoisotopic (exact) mass is 392 g/mol. The van der Waals surface area contributed by atoms with Gasteiger partial charge in [0.05, 0.1) is 17.8 Å². The van der Waals surface area contributed by atoms with Gasteiger partial charge in [-0.1, -0.05) is 24.3 Å². The third-order valence-electron chi connectivity index (χ3n) is 4.24. The van der Waals surface area contributed by atoms with Crippen LogP contribution in [0.5, 0.6) is 0 Å². The first kappa shape index (κ1) is 13.4. The van der Waals surface area contributed by atoms with Crippen LogP contribution in [-0.2, 0) is 0 Å². The molecule has 0 spiro atoms. The summed E-state index contributed by atoms with van der Waals surface area (Å²) in [5.74, 6) is -0.181. The Morgan fingerprint density at radius 1 is 1.00 bits per heavy atom. The highest BCUT2D eigenvalue weighted by Gasteiger charge is 2.57. The molecule has 0 bridgehead atoms. The van der Waals surface area contributed by atoms with E-state index in [1.165, 1.54) is 26.8 Å². The molecule has 2 aliphatic heterocycles. The van der Waals surface area contributed by atoms with Crippen molar-refractivity contribution >= 4 is 28.3 Å². The average Bonchev–Trinajstić information content (AvgIpc) is 3.13. The van der Waals surface area contributed by atoms with Crippen LogP contribution >= 0.6 is 22.6 Å². The van der Waals surface area contributed by atoms with E-state index < -0.39 is 0 Å². The Balaban J connectivity index is 1.65. The smallest absolute Gasteiger partial charge is 0.123 e. The van der Waals surface area contributed by atoms with Gasteiger partial charge in [-0.2, -0.15) is 0 Å². The SMILES string of the molecule is C[C@@H]1N=C(c2ccc(I)cc2)[C@H]2[C@H](c3ccc(F)cc3)N12. The predicted molar refractivity (Wildman–Crippen MR) is 89.9 cm³/mol. The molecule has 0 aromatic heterocycles. The van der Waals surface area contributed by atoms with Crippen molar-refractivity contribution in [1.82, 2.24) is 4.90 Å². The molecule has 0 aliphatic carbocycles. The van der Waals surface area contributed by atoms with Crippen molar-refractivity contribution in [3.63, 3.8) is 0 Å². The third kappa shape index (κ3) is 2.21.